The van der Waals surface area contributed by atoms with Crippen molar-refractivity contribution in [3.8, 4) is 6.07 Å². The minimum absolute atomic E-state index is 0.265. The predicted octanol–water partition coefficient (Wildman–Crippen LogP) is 2.93. The molecule has 0 bridgehead atoms. The fraction of sp³-hybridized carbons (Fsp3) is 0.500. The van der Waals surface area contributed by atoms with Crippen LogP contribution in [-0.2, 0) is 9.84 Å². The summed E-state index contributed by atoms with van der Waals surface area (Å²) in [5, 5.41) is 9.40. The molecule has 1 aliphatic carbocycles. The second kappa shape index (κ2) is 4.74. The maximum atomic E-state index is 12.6. The van der Waals surface area contributed by atoms with Crippen molar-refractivity contribution in [3.63, 3.8) is 0 Å². The number of nitrogens with zero attached hydrogens (tertiary/aromatic N) is 1. The molecular weight excluding hydrogens is 246 g/mol. The van der Waals surface area contributed by atoms with Crippen molar-refractivity contribution < 1.29 is 8.42 Å². The molecule has 0 aliphatic heterocycles. The van der Waals surface area contributed by atoms with E-state index in [2.05, 4.69) is 13.0 Å². The highest BCUT2D eigenvalue weighted by molar-refractivity contribution is 7.93. The molecule has 0 radical (unpaired) electrons. The predicted molar refractivity (Wildman–Crippen MR) is 69.6 cm³/mol. The lowest BCUT2D eigenvalue weighted by Gasteiger charge is -2.33. The zero-order chi connectivity index (χ0) is 13.2. The van der Waals surface area contributed by atoms with Crippen LogP contribution in [0.4, 0.5) is 0 Å². The van der Waals surface area contributed by atoms with E-state index in [4.69, 9.17) is 0 Å². The Morgan fingerprint density at radius 3 is 2.28 bits per heavy atom. The lowest BCUT2D eigenvalue weighted by Crippen LogP contribution is -2.40. The Morgan fingerprint density at radius 2 is 1.78 bits per heavy atom. The van der Waals surface area contributed by atoms with Gasteiger partial charge >= 0.3 is 0 Å². The summed E-state index contributed by atoms with van der Waals surface area (Å²) in [5.74, 6) is 0.512. The van der Waals surface area contributed by atoms with Gasteiger partial charge in [0.25, 0.3) is 0 Å². The van der Waals surface area contributed by atoms with E-state index < -0.39 is 14.6 Å². The number of benzene rings is 1. The van der Waals surface area contributed by atoms with Crippen molar-refractivity contribution in [1.29, 1.82) is 5.26 Å². The molecule has 0 aromatic heterocycles. The average molecular weight is 263 g/mol. The first-order valence-electron chi connectivity index (χ1n) is 6.23. The molecule has 3 nitrogen and oxygen atoms in total. The van der Waals surface area contributed by atoms with Gasteiger partial charge in [-0.1, -0.05) is 25.1 Å². The van der Waals surface area contributed by atoms with Gasteiger partial charge < -0.3 is 0 Å². The molecular formula is C14H17NO2S. The Kier molecular flexibility index (Phi) is 3.45. The van der Waals surface area contributed by atoms with Crippen LogP contribution < -0.4 is 0 Å². The van der Waals surface area contributed by atoms with Crippen LogP contribution >= 0.6 is 0 Å². The normalized spacial score (nSPS) is 28.6. The first-order valence-corrected chi connectivity index (χ1v) is 7.71. The molecule has 1 saturated carbocycles. The minimum atomic E-state index is -3.56. The first-order chi connectivity index (χ1) is 8.52. The SMILES string of the molecule is CC1CCC(C#N)(S(=O)(=O)c2ccccc2)CC1. The van der Waals surface area contributed by atoms with Gasteiger partial charge in [0.05, 0.1) is 11.0 Å². The van der Waals surface area contributed by atoms with E-state index >= 15 is 0 Å². The monoisotopic (exact) mass is 263 g/mol. The third-order valence-electron chi connectivity index (χ3n) is 3.85. The molecule has 2 rings (SSSR count). The van der Waals surface area contributed by atoms with Gasteiger partial charge in [-0.3, -0.25) is 0 Å². The standard InChI is InChI=1S/C14H17NO2S/c1-12-7-9-14(11-15,10-8-12)18(16,17)13-5-3-2-4-6-13/h2-6,12H,7-10H2,1H3. The maximum absolute atomic E-state index is 12.6. The molecule has 96 valence electrons. The second-order valence-electron chi connectivity index (χ2n) is 5.11. The first kappa shape index (κ1) is 13.1. The van der Waals surface area contributed by atoms with E-state index in [1.165, 1.54) is 0 Å². The summed E-state index contributed by atoms with van der Waals surface area (Å²) in [6.07, 6.45) is 2.50. The Hall–Kier alpha value is -1.34. The Morgan fingerprint density at radius 1 is 1.22 bits per heavy atom. The molecule has 0 amide bonds. The summed E-state index contributed by atoms with van der Waals surface area (Å²) in [7, 11) is -3.56. The summed E-state index contributed by atoms with van der Waals surface area (Å²) in [4.78, 5) is 0.265. The fourth-order valence-electron chi connectivity index (χ4n) is 2.49. The van der Waals surface area contributed by atoms with E-state index in [9.17, 15) is 13.7 Å². The van der Waals surface area contributed by atoms with E-state index in [0.717, 1.165) is 12.8 Å². The quantitative estimate of drug-likeness (QED) is 0.824. The summed E-state index contributed by atoms with van der Waals surface area (Å²) < 4.78 is 24.0. The van der Waals surface area contributed by atoms with Gasteiger partial charge in [0.15, 0.2) is 14.6 Å². The van der Waals surface area contributed by atoms with Crippen LogP contribution in [0.3, 0.4) is 0 Å². The molecule has 0 saturated heterocycles. The average Bonchev–Trinajstić information content (AvgIpc) is 2.41. The molecule has 1 aliphatic rings. The third-order valence-corrected chi connectivity index (χ3v) is 6.27. The lowest BCUT2D eigenvalue weighted by atomic mass is 9.83. The van der Waals surface area contributed by atoms with E-state index in [1.54, 1.807) is 30.3 Å². The topological polar surface area (TPSA) is 57.9 Å². The molecule has 1 fully saturated rings. The third kappa shape index (κ3) is 2.04. The number of hydrogen-bond donors (Lipinski definition) is 0. The number of hydrogen-bond acceptors (Lipinski definition) is 3. The smallest absolute Gasteiger partial charge is 0.197 e. The summed E-state index contributed by atoms with van der Waals surface area (Å²) in [6.45, 7) is 2.11. The highest BCUT2D eigenvalue weighted by atomic mass is 32.2. The van der Waals surface area contributed by atoms with Gasteiger partial charge in [0.2, 0.25) is 0 Å². The van der Waals surface area contributed by atoms with Crippen LogP contribution in [0.1, 0.15) is 32.6 Å². The maximum Gasteiger partial charge on any atom is 0.197 e. The van der Waals surface area contributed by atoms with Gasteiger partial charge in [-0.15, -0.1) is 0 Å². The lowest BCUT2D eigenvalue weighted by molar-refractivity contribution is 0.345. The Bertz CT molecular complexity index is 549. The van der Waals surface area contributed by atoms with Crippen molar-refractivity contribution in [3.05, 3.63) is 30.3 Å². The molecule has 0 heterocycles. The zero-order valence-electron chi connectivity index (χ0n) is 10.5. The van der Waals surface area contributed by atoms with E-state index in [0.29, 0.717) is 18.8 Å². The van der Waals surface area contributed by atoms with Gasteiger partial charge in [0.1, 0.15) is 0 Å². The van der Waals surface area contributed by atoms with Crippen LogP contribution in [0.5, 0.6) is 0 Å². The highest BCUT2D eigenvalue weighted by Crippen LogP contribution is 2.40. The molecule has 1 aromatic rings. The van der Waals surface area contributed by atoms with E-state index in [1.807, 2.05) is 0 Å². The zero-order valence-corrected chi connectivity index (χ0v) is 11.3. The Labute approximate surface area is 108 Å². The minimum Gasteiger partial charge on any atom is -0.222 e. The van der Waals surface area contributed by atoms with Crippen LogP contribution in [0.15, 0.2) is 35.2 Å². The van der Waals surface area contributed by atoms with Crippen LogP contribution in [-0.4, -0.2) is 13.2 Å². The van der Waals surface area contributed by atoms with Crippen LogP contribution in [0.2, 0.25) is 0 Å². The van der Waals surface area contributed by atoms with Gasteiger partial charge in [-0.2, -0.15) is 5.26 Å². The van der Waals surface area contributed by atoms with Crippen molar-refractivity contribution in [1.82, 2.24) is 0 Å². The fourth-order valence-corrected chi connectivity index (χ4v) is 4.35. The Balaban J connectivity index is 2.43. The van der Waals surface area contributed by atoms with Crippen molar-refractivity contribution in [2.24, 2.45) is 5.92 Å². The van der Waals surface area contributed by atoms with E-state index in [-0.39, 0.29) is 4.90 Å². The van der Waals surface area contributed by atoms with Crippen molar-refractivity contribution in [2.45, 2.75) is 42.2 Å². The number of rotatable bonds is 2. The highest BCUT2D eigenvalue weighted by Gasteiger charge is 2.46. The van der Waals surface area contributed by atoms with Gasteiger partial charge in [-0.05, 0) is 43.7 Å². The van der Waals surface area contributed by atoms with Crippen molar-refractivity contribution in [2.75, 3.05) is 0 Å². The number of nitriles is 1. The van der Waals surface area contributed by atoms with Crippen molar-refractivity contribution >= 4 is 9.84 Å². The number of sulfone groups is 1. The molecule has 0 unspecified atom stereocenters. The molecule has 4 heteroatoms. The van der Waals surface area contributed by atoms with Gasteiger partial charge in [0, 0.05) is 0 Å². The van der Waals surface area contributed by atoms with Crippen LogP contribution in [0, 0.1) is 17.2 Å². The molecule has 0 N–H and O–H groups in total. The largest absolute Gasteiger partial charge is 0.222 e. The van der Waals surface area contributed by atoms with Gasteiger partial charge in [-0.25, -0.2) is 8.42 Å². The molecule has 1 aromatic carbocycles. The summed E-state index contributed by atoms with van der Waals surface area (Å²) >= 11 is 0. The summed E-state index contributed by atoms with van der Waals surface area (Å²) in [5.41, 5.74) is 0. The second-order valence-corrected chi connectivity index (χ2v) is 7.36. The summed E-state index contributed by atoms with van der Waals surface area (Å²) in [6, 6.07) is 10.4. The molecule has 18 heavy (non-hydrogen) atoms. The molecule has 0 spiro atoms. The van der Waals surface area contributed by atoms with Crippen LogP contribution in [0.25, 0.3) is 0 Å². The molecule has 0 atom stereocenters.